The Kier molecular flexibility index (Phi) is 7.05. The van der Waals surface area contributed by atoms with Crippen molar-refractivity contribution in [3.05, 3.63) is 87.7 Å². The number of halogens is 2. The second kappa shape index (κ2) is 9.73. The first kappa shape index (κ1) is 22.5. The Labute approximate surface area is 189 Å². The van der Waals surface area contributed by atoms with Crippen molar-refractivity contribution in [1.82, 2.24) is 9.97 Å². The summed E-state index contributed by atoms with van der Waals surface area (Å²) in [5.41, 5.74) is 8.24. The van der Waals surface area contributed by atoms with Crippen LogP contribution in [0, 0.1) is 0 Å². The standard InChI is InChI=1S/C22H17Cl2N3O3.CH4/c23-15-7-5-14(16(24)10-15)11-29-20-9-13(22(25)28)6-8-19(20)30-12-21-26-17-3-1-2-4-18(17)27-21;/h1-10H,11-12H2,(H2,25,28)(H,26,27);1H4. The Bertz CT molecular complexity index is 1190. The van der Waals surface area contributed by atoms with Crippen LogP contribution in [-0.4, -0.2) is 15.9 Å². The van der Waals surface area contributed by atoms with Crippen molar-refractivity contribution in [2.24, 2.45) is 5.73 Å². The predicted molar refractivity (Wildman–Crippen MR) is 123 cm³/mol. The molecule has 0 atom stereocenters. The molecule has 0 saturated heterocycles. The number of para-hydroxylation sites is 2. The molecule has 0 bridgehead atoms. The number of benzene rings is 3. The lowest BCUT2D eigenvalue weighted by Gasteiger charge is -2.14. The Morgan fingerprint density at radius 1 is 0.968 bits per heavy atom. The summed E-state index contributed by atoms with van der Waals surface area (Å²) in [6.45, 7) is 0.363. The van der Waals surface area contributed by atoms with Crippen molar-refractivity contribution in [2.75, 3.05) is 0 Å². The number of carbonyl (C=O) groups excluding carboxylic acids is 1. The molecule has 4 rings (SSSR count). The maximum atomic E-state index is 11.6. The summed E-state index contributed by atoms with van der Waals surface area (Å²) < 4.78 is 11.8. The number of rotatable bonds is 7. The molecular weight excluding hydrogens is 437 g/mol. The number of nitrogens with two attached hydrogens (primary N) is 1. The predicted octanol–water partition coefficient (Wildman–Crippen LogP) is 5.76. The van der Waals surface area contributed by atoms with Crippen LogP contribution in [0.3, 0.4) is 0 Å². The molecule has 0 saturated carbocycles. The SMILES string of the molecule is C.NC(=O)c1ccc(OCc2nc3ccccc3[nH]2)c(OCc2ccc(Cl)cc2Cl)c1. The minimum Gasteiger partial charge on any atom is -0.485 e. The second-order valence-corrected chi connectivity index (χ2v) is 7.38. The van der Waals surface area contributed by atoms with Gasteiger partial charge in [-0.1, -0.05) is 48.8 Å². The molecule has 4 aromatic rings. The van der Waals surface area contributed by atoms with Crippen LogP contribution in [0.1, 0.15) is 29.2 Å². The Morgan fingerprint density at radius 2 is 1.74 bits per heavy atom. The molecule has 0 unspecified atom stereocenters. The van der Waals surface area contributed by atoms with Gasteiger partial charge in [0.25, 0.3) is 0 Å². The van der Waals surface area contributed by atoms with E-state index in [-0.39, 0.29) is 20.6 Å². The lowest BCUT2D eigenvalue weighted by atomic mass is 10.2. The number of carbonyl (C=O) groups is 1. The number of primary amides is 1. The van der Waals surface area contributed by atoms with Gasteiger partial charge in [-0.3, -0.25) is 4.79 Å². The molecule has 3 aromatic carbocycles. The first-order valence-electron chi connectivity index (χ1n) is 9.06. The fraction of sp³-hybridized carbons (Fsp3) is 0.130. The third kappa shape index (κ3) is 5.29. The molecule has 0 fully saturated rings. The molecule has 1 amide bonds. The molecule has 160 valence electrons. The van der Waals surface area contributed by atoms with Gasteiger partial charge in [-0.05, 0) is 42.5 Å². The average Bonchev–Trinajstić information content (AvgIpc) is 3.15. The molecule has 31 heavy (non-hydrogen) atoms. The van der Waals surface area contributed by atoms with E-state index in [4.69, 9.17) is 38.4 Å². The van der Waals surface area contributed by atoms with Crippen LogP contribution in [0.4, 0.5) is 0 Å². The maximum absolute atomic E-state index is 11.6. The van der Waals surface area contributed by atoms with Crippen LogP contribution in [0.5, 0.6) is 11.5 Å². The number of fused-ring (bicyclic) bond motifs is 1. The third-order valence-corrected chi connectivity index (χ3v) is 5.02. The molecule has 3 N–H and O–H groups in total. The van der Waals surface area contributed by atoms with Gasteiger partial charge in [-0.25, -0.2) is 4.98 Å². The number of nitrogens with one attached hydrogen (secondary N) is 1. The van der Waals surface area contributed by atoms with Gasteiger partial charge in [0, 0.05) is 21.2 Å². The largest absolute Gasteiger partial charge is 0.485 e. The lowest BCUT2D eigenvalue weighted by molar-refractivity contribution is 0.0999. The van der Waals surface area contributed by atoms with Gasteiger partial charge in [0.15, 0.2) is 11.5 Å². The Balaban J connectivity index is 0.00000272. The highest BCUT2D eigenvalue weighted by atomic mass is 35.5. The number of H-pyrrole nitrogens is 1. The van der Waals surface area contributed by atoms with Gasteiger partial charge >= 0.3 is 0 Å². The minimum absolute atomic E-state index is 0. The van der Waals surface area contributed by atoms with E-state index in [0.717, 1.165) is 16.6 Å². The lowest BCUT2D eigenvalue weighted by Crippen LogP contribution is -2.11. The van der Waals surface area contributed by atoms with Crippen molar-refractivity contribution in [3.8, 4) is 11.5 Å². The quantitative estimate of drug-likeness (QED) is 0.368. The molecule has 0 aliphatic carbocycles. The molecule has 8 heteroatoms. The van der Waals surface area contributed by atoms with E-state index in [1.807, 2.05) is 24.3 Å². The van der Waals surface area contributed by atoms with Gasteiger partial charge < -0.3 is 20.2 Å². The van der Waals surface area contributed by atoms with Crippen molar-refractivity contribution >= 4 is 40.1 Å². The van der Waals surface area contributed by atoms with E-state index >= 15 is 0 Å². The summed E-state index contributed by atoms with van der Waals surface area (Å²) in [6, 6.07) is 17.6. The molecule has 0 aliphatic rings. The van der Waals surface area contributed by atoms with Crippen LogP contribution in [-0.2, 0) is 13.2 Å². The topological polar surface area (TPSA) is 90.2 Å². The molecule has 0 aliphatic heterocycles. The maximum Gasteiger partial charge on any atom is 0.248 e. The number of hydrogen-bond donors (Lipinski definition) is 2. The molecule has 1 heterocycles. The van der Waals surface area contributed by atoms with Gasteiger partial charge in [0.05, 0.1) is 11.0 Å². The molecule has 0 radical (unpaired) electrons. The molecule has 1 aromatic heterocycles. The minimum atomic E-state index is -0.562. The first-order chi connectivity index (χ1) is 14.5. The van der Waals surface area contributed by atoms with Gasteiger partial charge in [-0.15, -0.1) is 0 Å². The molecule has 0 spiro atoms. The smallest absolute Gasteiger partial charge is 0.248 e. The van der Waals surface area contributed by atoms with Crippen LogP contribution < -0.4 is 15.2 Å². The van der Waals surface area contributed by atoms with E-state index in [1.54, 1.807) is 36.4 Å². The number of aromatic amines is 1. The van der Waals surface area contributed by atoms with Gasteiger partial charge in [-0.2, -0.15) is 0 Å². The van der Waals surface area contributed by atoms with E-state index in [9.17, 15) is 4.79 Å². The average molecular weight is 458 g/mol. The number of nitrogens with zero attached hydrogens (tertiary/aromatic N) is 1. The summed E-state index contributed by atoms with van der Waals surface area (Å²) in [5, 5.41) is 1.02. The number of ether oxygens (including phenoxy) is 2. The van der Waals surface area contributed by atoms with E-state index in [1.165, 1.54) is 0 Å². The zero-order valence-electron chi connectivity index (χ0n) is 15.7. The summed E-state index contributed by atoms with van der Waals surface area (Å²) in [6.07, 6.45) is 0. The highest BCUT2D eigenvalue weighted by molar-refractivity contribution is 6.35. The zero-order chi connectivity index (χ0) is 21.1. The van der Waals surface area contributed by atoms with E-state index < -0.39 is 5.91 Å². The van der Waals surface area contributed by atoms with E-state index in [2.05, 4.69) is 9.97 Å². The van der Waals surface area contributed by atoms with Crippen molar-refractivity contribution in [1.29, 1.82) is 0 Å². The number of amides is 1. The number of hydrogen-bond acceptors (Lipinski definition) is 4. The van der Waals surface area contributed by atoms with Gasteiger partial charge in [0.2, 0.25) is 5.91 Å². The first-order valence-corrected chi connectivity index (χ1v) is 9.82. The van der Waals surface area contributed by atoms with Crippen LogP contribution >= 0.6 is 23.2 Å². The molecular formula is C23H21Cl2N3O3. The highest BCUT2D eigenvalue weighted by Crippen LogP contribution is 2.31. The fourth-order valence-corrected chi connectivity index (χ4v) is 3.37. The van der Waals surface area contributed by atoms with Crippen molar-refractivity contribution < 1.29 is 14.3 Å². The highest BCUT2D eigenvalue weighted by Gasteiger charge is 2.12. The Morgan fingerprint density at radius 3 is 2.48 bits per heavy atom. The summed E-state index contributed by atoms with van der Waals surface area (Å²) in [5.74, 6) is 0.925. The zero-order valence-corrected chi connectivity index (χ0v) is 17.2. The van der Waals surface area contributed by atoms with Crippen LogP contribution in [0.25, 0.3) is 11.0 Å². The van der Waals surface area contributed by atoms with Crippen LogP contribution in [0.2, 0.25) is 10.0 Å². The number of imidazole rings is 1. The number of aromatic nitrogens is 2. The summed E-state index contributed by atoms with van der Waals surface area (Å²) in [4.78, 5) is 19.3. The normalized spacial score (nSPS) is 10.5. The van der Waals surface area contributed by atoms with E-state index in [0.29, 0.717) is 32.9 Å². The summed E-state index contributed by atoms with van der Waals surface area (Å²) >= 11 is 12.2. The fourth-order valence-electron chi connectivity index (χ4n) is 2.91. The Hall–Kier alpha value is -3.22. The second-order valence-electron chi connectivity index (χ2n) is 6.54. The van der Waals surface area contributed by atoms with Crippen molar-refractivity contribution in [2.45, 2.75) is 20.6 Å². The molecule has 6 nitrogen and oxygen atoms in total. The summed E-state index contributed by atoms with van der Waals surface area (Å²) in [7, 11) is 0. The van der Waals surface area contributed by atoms with Crippen LogP contribution in [0.15, 0.2) is 60.7 Å². The third-order valence-electron chi connectivity index (χ3n) is 4.43. The van der Waals surface area contributed by atoms with Gasteiger partial charge in [0.1, 0.15) is 19.0 Å². The monoisotopic (exact) mass is 457 g/mol. The van der Waals surface area contributed by atoms with Crippen molar-refractivity contribution in [3.63, 3.8) is 0 Å².